The zero-order chi connectivity index (χ0) is 19.7. The second-order valence-corrected chi connectivity index (χ2v) is 10.1. The second kappa shape index (κ2) is 7.91. The molecular formula is C22H25BrN4S. The molecule has 2 heterocycles. The van der Waals surface area contributed by atoms with Gasteiger partial charge >= 0.3 is 0 Å². The topological polar surface area (TPSA) is 50.2 Å². The fraction of sp³-hybridized carbons (Fsp3) is 0.409. The molecule has 146 valence electrons. The molecule has 1 aromatic carbocycles. The number of nitrogens with one attached hydrogen (secondary N) is 1. The fourth-order valence-electron chi connectivity index (χ4n) is 3.90. The number of thiophene rings is 1. The Hall–Kier alpha value is -1.79. The third-order valence-electron chi connectivity index (χ3n) is 6.09. The van der Waals surface area contributed by atoms with Crippen molar-refractivity contribution in [3.05, 3.63) is 51.1 Å². The van der Waals surface area contributed by atoms with Gasteiger partial charge in [0.15, 0.2) is 5.82 Å². The number of nitrogens with zero attached hydrogens (tertiary/aromatic N) is 3. The van der Waals surface area contributed by atoms with Gasteiger partial charge in [-0.2, -0.15) is 5.10 Å². The van der Waals surface area contributed by atoms with E-state index in [2.05, 4.69) is 57.2 Å². The highest BCUT2D eigenvalue weighted by Crippen LogP contribution is 2.45. The lowest BCUT2D eigenvalue weighted by Gasteiger charge is -2.36. The molecule has 0 bridgehead atoms. The average molecular weight is 457 g/mol. The minimum absolute atomic E-state index is 0.355. The number of hydrogen-bond acceptors (Lipinski definition) is 5. The first-order valence-electron chi connectivity index (χ1n) is 9.78. The van der Waals surface area contributed by atoms with Crippen molar-refractivity contribution in [2.24, 2.45) is 16.4 Å². The number of fused-ring (bicyclic) bond motifs is 3. The first-order chi connectivity index (χ1) is 13.5. The number of aromatic nitrogens is 2. The Balaban J connectivity index is 1.64. The van der Waals surface area contributed by atoms with E-state index in [1.54, 1.807) is 6.33 Å². The molecule has 4 rings (SSSR count). The standard InChI is InChI=1S/C22H25BrN4S/c1-4-22(2,3)15-8-9-18-17(11-15)19-20(24-13-25-21(19)28-18)27-26-12-14-6-5-7-16(23)10-14/h5-7,10,12-13,15H,4,8-9,11H2,1-3H3,(H,24,25,27)/b26-12+/t15-/m1/s1. The van der Waals surface area contributed by atoms with Gasteiger partial charge in [-0.15, -0.1) is 11.3 Å². The Bertz CT molecular complexity index is 1020. The number of benzene rings is 1. The molecule has 0 amide bonds. The summed E-state index contributed by atoms with van der Waals surface area (Å²) < 4.78 is 1.04. The van der Waals surface area contributed by atoms with Crippen molar-refractivity contribution < 1.29 is 0 Å². The smallest absolute Gasteiger partial charge is 0.158 e. The third-order valence-corrected chi connectivity index (χ3v) is 7.78. The van der Waals surface area contributed by atoms with Gasteiger partial charge < -0.3 is 0 Å². The summed E-state index contributed by atoms with van der Waals surface area (Å²) in [4.78, 5) is 11.6. The second-order valence-electron chi connectivity index (χ2n) is 8.11. The van der Waals surface area contributed by atoms with Crippen molar-refractivity contribution in [3.63, 3.8) is 0 Å². The molecule has 0 spiro atoms. The Morgan fingerprint density at radius 2 is 2.21 bits per heavy atom. The molecular weight excluding hydrogens is 432 g/mol. The number of halogens is 1. The molecule has 0 radical (unpaired) electrons. The van der Waals surface area contributed by atoms with Crippen LogP contribution in [-0.2, 0) is 12.8 Å². The SMILES string of the molecule is CCC(C)(C)[C@@H]1CCc2sc3ncnc(N/N=C/c4cccc(Br)c4)c3c2C1. The molecule has 0 saturated carbocycles. The largest absolute Gasteiger partial charge is 0.261 e. The van der Waals surface area contributed by atoms with Gasteiger partial charge in [-0.25, -0.2) is 9.97 Å². The summed E-state index contributed by atoms with van der Waals surface area (Å²) in [5.74, 6) is 1.50. The summed E-state index contributed by atoms with van der Waals surface area (Å²) >= 11 is 5.31. The molecule has 1 aliphatic carbocycles. The summed E-state index contributed by atoms with van der Waals surface area (Å²) in [5, 5.41) is 5.59. The van der Waals surface area contributed by atoms with Gasteiger partial charge in [-0.1, -0.05) is 55.3 Å². The van der Waals surface area contributed by atoms with Gasteiger partial charge in [0.05, 0.1) is 11.6 Å². The quantitative estimate of drug-likeness (QED) is 0.354. The van der Waals surface area contributed by atoms with Crippen LogP contribution in [0, 0.1) is 11.3 Å². The minimum Gasteiger partial charge on any atom is -0.261 e. The lowest BCUT2D eigenvalue weighted by atomic mass is 9.69. The molecule has 0 fully saturated rings. The maximum Gasteiger partial charge on any atom is 0.158 e. The molecule has 3 aromatic rings. The summed E-state index contributed by atoms with van der Waals surface area (Å²) in [7, 11) is 0. The van der Waals surface area contributed by atoms with Crippen molar-refractivity contribution in [1.82, 2.24) is 9.97 Å². The zero-order valence-electron chi connectivity index (χ0n) is 16.5. The van der Waals surface area contributed by atoms with Crippen LogP contribution in [0.4, 0.5) is 5.82 Å². The van der Waals surface area contributed by atoms with E-state index in [0.717, 1.165) is 38.9 Å². The lowest BCUT2D eigenvalue weighted by molar-refractivity contribution is 0.184. The van der Waals surface area contributed by atoms with Crippen LogP contribution < -0.4 is 5.43 Å². The van der Waals surface area contributed by atoms with Crippen molar-refractivity contribution in [2.75, 3.05) is 5.43 Å². The normalized spacial score (nSPS) is 17.2. The van der Waals surface area contributed by atoms with Gasteiger partial charge in [-0.3, -0.25) is 5.43 Å². The number of hydrogen-bond donors (Lipinski definition) is 1. The van der Waals surface area contributed by atoms with Crippen molar-refractivity contribution >= 4 is 49.5 Å². The Labute approximate surface area is 178 Å². The van der Waals surface area contributed by atoms with Gasteiger partial charge in [0.1, 0.15) is 11.2 Å². The predicted octanol–water partition coefficient (Wildman–Crippen LogP) is 6.44. The van der Waals surface area contributed by atoms with Crippen LogP contribution in [0.2, 0.25) is 0 Å². The highest BCUT2D eigenvalue weighted by atomic mass is 79.9. The number of anilines is 1. The first-order valence-corrected chi connectivity index (χ1v) is 11.4. The van der Waals surface area contributed by atoms with Gasteiger partial charge in [0.2, 0.25) is 0 Å². The Kier molecular flexibility index (Phi) is 5.52. The van der Waals surface area contributed by atoms with Crippen molar-refractivity contribution in [2.45, 2.75) is 46.5 Å². The molecule has 0 aliphatic heterocycles. The molecule has 1 N–H and O–H groups in total. The van der Waals surface area contributed by atoms with E-state index in [4.69, 9.17) is 0 Å². The lowest BCUT2D eigenvalue weighted by Crippen LogP contribution is -2.28. The molecule has 1 aliphatic rings. The monoisotopic (exact) mass is 456 g/mol. The Morgan fingerprint density at radius 3 is 3.00 bits per heavy atom. The fourth-order valence-corrected chi connectivity index (χ4v) is 5.50. The number of rotatable bonds is 5. The van der Waals surface area contributed by atoms with E-state index >= 15 is 0 Å². The van der Waals surface area contributed by atoms with E-state index in [9.17, 15) is 0 Å². The van der Waals surface area contributed by atoms with Crippen LogP contribution >= 0.6 is 27.3 Å². The maximum atomic E-state index is 4.54. The molecule has 2 aromatic heterocycles. The van der Waals surface area contributed by atoms with E-state index in [0.29, 0.717) is 11.3 Å². The molecule has 0 unspecified atom stereocenters. The molecule has 0 saturated heterocycles. The van der Waals surface area contributed by atoms with Crippen LogP contribution in [0.5, 0.6) is 0 Å². The Morgan fingerprint density at radius 1 is 1.36 bits per heavy atom. The summed E-state index contributed by atoms with van der Waals surface area (Å²) in [5.41, 5.74) is 5.99. The van der Waals surface area contributed by atoms with Crippen molar-refractivity contribution in [1.29, 1.82) is 0 Å². The van der Waals surface area contributed by atoms with Crippen LogP contribution in [-0.4, -0.2) is 16.2 Å². The minimum atomic E-state index is 0.355. The zero-order valence-corrected chi connectivity index (χ0v) is 18.9. The third kappa shape index (κ3) is 3.85. The van der Waals surface area contributed by atoms with Crippen LogP contribution in [0.25, 0.3) is 10.2 Å². The number of aryl methyl sites for hydroxylation is 1. The van der Waals surface area contributed by atoms with Crippen LogP contribution in [0.15, 0.2) is 40.2 Å². The molecule has 6 heteroatoms. The summed E-state index contributed by atoms with van der Waals surface area (Å²) in [6.07, 6.45) is 8.17. The average Bonchev–Trinajstić information content (AvgIpc) is 3.06. The highest BCUT2D eigenvalue weighted by molar-refractivity contribution is 9.10. The van der Waals surface area contributed by atoms with Gasteiger partial charge in [0.25, 0.3) is 0 Å². The van der Waals surface area contributed by atoms with E-state index in [1.807, 2.05) is 41.8 Å². The highest BCUT2D eigenvalue weighted by Gasteiger charge is 2.33. The van der Waals surface area contributed by atoms with Crippen molar-refractivity contribution in [3.8, 4) is 0 Å². The van der Waals surface area contributed by atoms with E-state index in [1.165, 1.54) is 23.3 Å². The van der Waals surface area contributed by atoms with Gasteiger partial charge in [-0.05, 0) is 53.9 Å². The van der Waals surface area contributed by atoms with Crippen LogP contribution in [0.1, 0.15) is 49.6 Å². The molecule has 4 nitrogen and oxygen atoms in total. The molecule has 1 atom stereocenters. The van der Waals surface area contributed by atoms with Crippen LogP contribution in [0.3, 0.4) is 0 Å². The van der Waals surface area contributed by atoms with E-state index in [-0.39, 0.29) is 0 Å². The van der Waals surface area contributed by atoms with Gasteiger partial charge in [0, 0.05) is 9.35 Å². The first kappa shape index (κ1) is 19.5. The number of hydrazone groups is 1. The predicted molar refractivity (Wildman–Crippen MR) is 122 cm³/mol. The van der Waals surface area contributed by atoms with E-state index < -0.39 is 0 Å². The summed E-state index contributed by atoms with van der Waals surface area (Å²) in [6.45, 7) is 7.10. The maximum absolute atomic E-state index is 4.54. The molecule has 28 heavy (non-hydrogen) atoms. The summed E-state index contributed by atoms with van der Waals surface area (Å²) in [6, 6.07) is 8.06.